The van der Waals surface area contributed by atoms with Gasteiger partial charge in [0.25, 0.3) is 0 Å². The van der Waals surface area contributed by atoms with E-state index in [1.807, 2.05) is 0 Å². The summed E-state index contributed by atoms with van der Waals surface area (Å²) in [5.41, 5.74) is 13.0. The van der Waals surface area contributed by atoms with Crippen LogP contribution in [0.5, 0.6) is 0 Å². The minimum atomic E-state index is 0.282. The summed E-state index contributed by atoms with van der Waals surface area (Å²) in [7, 11) is 0. The minimum absolute atomic E-state index is 0.282. The van der Waals surface area contributed by atoms with Gasteiger partial charge in [0.05, 0.1) is 17.1 Å². The van der Waals surface area contributed by atoms with E-state index in [0.29, 0.717) is 5.69 Å². The lowest BCUT2D eigenvalue weighted by molar-refractivity contribution is 1.08. The van der Waals surface area contributed by atoms with Crippen LogP contribution in [0.25, 0.3) is 0 Å². The number of hydrogen-bond acceptors (Lipinski definition) is 4. The molecule has 1 aromatic rings. The summed E-state index contributed by atoms with van der Waals surface area (Å²) in [6.07, 6.45) is 0. The van der Waals surface area contributed by atoms with Crippen molar-refractivity contribution in [3.8, 4) is 0 Å². The highest BCUT2D eigenvalue weighted by molar-refractivity contribution is 5.48. The number of rotatable bonds is 0. The van der Waals surface area contributed by atoms with Crippen molar-refractivity contribution in [2.45, 2.75) is 13.8 Å². The summed E-state index contributed by atoms with van der Waals surface area (Å²) in [6.45, 7) is 3.61. The largest absolute Gasteiger partial charge is 0.396 e. The van der Waals surface area contributed by atoms with E-state index in [1.165, 1.54) is 0 Å². The molecular weight excluding hydrogens is 128 g/mol. The van der Waals surface area contributed by atoms with Crippen LogP contribution in [-0.2, 0) is 0 Å². The van der Waals surface area contributed by atoms with Gasteiger partial charge < -0.3 is 11.5 Å². The van der Waals surface area contributed by atoms with Gasteiger partial charge in [-0.1, -0.05) is 0 Å². The first kappa shape index (κ1) is 6.80. The molecule has 4 N–H and O–H groups in total. The molecule has 4 nitrogen and oxygen atoms in total. The first-order valence-electron chi connectivity index (χ1n) is 2.97. The third-order valence-electron chi connectivity index (χ3n) is 1.34. The molecule has 0 aromatic carbocycles. The van der Waals surface area contributed by atoms with Crippen LogP contribution in [0.4, 0.5) is 11.6 Å². The van der Waals surface area contributed by atoms with Crippen molar-refractivity contribution in [2.24, 2.45) is 0 Å². The van der Waals surface area contributed by atoms with Crippen molar-refractivity contribution in [1.82, 2.24) is 9.97 Å². The monoisotopic (exact) mass is 138 g/mol. The van der Waals surface area contributed by atoms with E-state index < -0.39 is 0 Å². The van der Waals surface area contributed by atoms with Gasteiger partial charge >= 0.3 is 0 Å². The number of nitrogens with zero attached hydrogens (tertiary/aromatic N) is 2. The molecule has 0 atom stereocenters. The molecule has 0 unspecified atom stereocenters. The van der Waals surface area contributed by atoms with E-state index >= 15 is 0 Å². The maximum Gasteiger partial charge on any atom is 0.220 e. The lowest BCUT2D eigenvalue weighted by Crippen LogP contribution is -2.03. The molecule has 1 aromatic heterocycles. The van der Waals surface area contributed by atoms with Crippen molar-refractivity contribution < 1.29 is 0 Å². The van der Waals surface area contributed by atoms with Crippen LogP contribution in [0.2, 0.25) is 0 Å². The Hall–Kier alpha value is -1.32. The van der Waals surface area contributed by atoms with E-state index in [0.717, 1.165) is 11.4 Å². The van der Waals surface area contributed by atoms with Gasteiger partial charge in [-0.15, -0.1) is 0 Å². The topological polar surface area (TPSA) is 77.8 Å². The van der Waals surface area contributed by atoms with Gasteiger partial charge in [-0.2, -0.15) is 0 Å². The Labute approximate surface area is 59.3 Å². The Morgan fingerprint density at radius 2 is 1.40 bits per heavy atom. The van der Waals surface area contributed by atoms with Gasteiger partial charge in [0.2, 0.25) is 5.95 Å². The van der Waals surface area contributed by atoms with E-state index in [1.54, 1.807) is 13.8 Å². The molecule has 0 radical (unpaired) electrons. The Balaban J connectivity index is 3.31. The lowest BCUT2D eigenvalue weighted by atomic mass is 10.3. The zero-order chi connectivity index (χ0) is 7.72. The molecule has 0 aliphatic heterocycles. The number of aromatic nitrogens is 2. The standard InChI is InChI=1S/C6H10N4/c1-3-5(7)4(2)10-6(8)9-3/h7H2,1-2H3,(H2,8,9,10). The molecule has 0 bridgehead atoms. The van der Waals surface area contributed by atoms with E-state index in [-0.39, 0.29) is 5.95 Å². The van der Waals surface area contributed by atoms with Crippen molar-refractivity contribution in [3.63, 3.8) is 0 Å². The average molecular weight is 138 g/mol. The van der Waals surface area contributed by atoms with Crippen LogP contribution in [0.15, 0.2) is 0 Å². The van der Waals surface area contributed by atoms with Gasteiger partial charge in [-0.05, 0) is 13.8 Å². The summed E-state index contributed by atoms with van der Waals surface area (Å²) in [4.78, 5) is 7.75. The van der Waals surface area contributed by atoms with Gasteiger partial charge in [-0.25, -0.2) is 9.97 Å². The van der Waals surface area contributed by atoms with Crippen LogP contribution < -0.4 is 11.5 Å². The fraction of sp³-hybridized carbons (Fsp3) is 0.333. The summed E-state index contributed by atoms with van der Waals surface area (Å²) < 4.78 is 0. The van der Waals surface area contributed by atoms with Gasteiger partial charge in [0, 0.05) is 0 Å². The number of anilines is 2. The SMILES string of the molecule is Cc1nc(N)nc(C)c1N. The van der Waals surface area contributed by atoms with Crippen LogP contribution in [-0.4, -0.2) is 9.97 Å². The summed E-state index contributed by atoms with van der Waals surface area (Å²) in [5.74, 6) is 0.282. The van der Waals surface area contributed by atoms with Crippen molar-refractivity contribution in [2.75, 3.05) is 11.5 Å². The molecule has 0 spiro atoms. The normalized spacial score (nSPS) is 9.80. The van der Waals surface area contributed by atoms with Crippen LogP contribution in [0.1, 0.15) is 11.4 Å². The molecule has 0 saturated heterocycles. The Morgan fingerprint density at radius 1 is 1.00 bits per heavy atom. The van der Waals surface area contributed by atoms with Crippen LogP contribution in [0, 0.1) is 13.8 Å². The number of hydrogen-bond donors (Lipinski definition) is 2. The minimum Gasteiger partial charge on any atom is -0.396 e. The average Bonchev–Trinajstić information content (AvgIpc) is 1.82. The van der Waals surface area contributed by atoms with Gasteiger partial charge in [-0.3, -0.25) is 0 Å². The highest BCUT2D eigenvalue weighted by Gasteiger charge is 2.00. The molecular formula is C6H10N4. The van der Waals surface area contributed by atoms with Crippen molar-refractivity contribution in [1.29, 1.82) is 0 Å². The Kier molecular flexibility index (Phi) is 1.45. The predicted molar refractivity (Wildman–Crippen MR) is 40.3 cm³/mol. The fourth-order valence-corrected chi connectivity index (χ4v) is 0.751. The summed E-state index contributed by atoms with van der Waals surface area (Å²) in [5, 5.41) is 0. The maximum atomic E-state index is 5.57. The highest BCUT2D eigenvalue weighted by Crippen LogP contribution is 2.11. The Bertz CT molecular complexity index is 233. The maximum absolute atomic E-state index is 5.57. The first-order chi connectivity index (χ1) is 4.61. The predicted octanol–water partition coefficient (Wildman–Crippen LogP) is 0.258. The van der Waals surface area contributed by atoms with Gasteiger partial charge in [0.1, 0.15) is 0 Å². The third kappa shape index (κ3) is 1.00. The Morgan fingerprint density at radius 3 is 1.80 bits per heavy atom. The second-order valence-electron chi connectivity index (χ2n) is 2.17. The first-order valence-corrected chi connectivity index (χ1v) is 2.97. The second-order valence-corrected chi connectivity index (χ2v) is 2.17. The molecule has 10 heavy (non-hydrogen) atoms. The lowest BCUT2D eigenvalue weighted by Gasteiger charge is -2.02. The van der Waals surface area contributed by atoms with E-state index in [2.05, 4.69) is 9.97 Å². The smallest absolute Gasteiger partial charge is 0.220 e. The molecule has 0 aliphatic rings. The zero-order valence-corrected chi connectivity index (χ0v) is 6.05. The molecule has 0 saturated carbocycles. The number of nitrogens with two attached hydrogens (primary N) is 2. The second kappa shape index (κ2) is 2.13. The van der Waals surface area contributed by atoms with E-state index in [4.69, 9.17) is 11.5 Å². The van der Waals surface area contributed by atoms with E-state index in [9.17, 15) is 0 Å². The molecule has 54 valence electrons. The number of nitrogen functional groups attached to an aromatic ring is 2. The van der Waals surface area contributed by atoms with Crippen molar-refractivity contribution >= 4 is 11.6 Å². The van der Waals surface area contributed by atoms with Crippen molar-refractivity contribution in [3.05, 3.63) is 11.4 Å². The molecule has 0 aliphatic carbocycles. The highest BCUT2D eigenvalue weighted by atomic mass is 15.0. The molecule has 1 rings (SSSR count). The zero-order valence-electron chi connectivity index (χ0n) is 6.05. The van der Waals surface area contributed by atoms with Gasteiger partial charge in [0.15, 0.2) is 0 Å². The number of aryl methyl sites for hydroxylation is 2. The van der Waals surface area contributed by atoms with Crippen LogP contribution >= 0.6 is 0 Å². The molecule has 1 heterocycles. The molecule has 4 heteroatoms. The summed E-state index contributed by atoms with van der Waals surface area (Å²) >= 11 is 0. The third-order valence-corrected chi connectivity index (χ3v) is 1.34. The summed E-state index contributed by atoms with van der Waals surface area (Å²) in [6, 6.07) is 0. The fourth-order valence-electron chi connectivity index (χ4n) is 0.751. The van der Waals surface area contributed by atoms with Crippen LogP contribution in [0.3, 0.4) is 0 Å². The quantitative estimate of drug-likeness (QED) is 0.539. The molecule has 0 amide bonds. The molecule has 0 fully saturated rings.